The first-order chi connectivity index (χ1) is 9.65. The van der Waals surface area contributed by atoms with Crippen LogP contribution in [0.3, 0.4) is 0 Å². The number of nitrogens with one attached hydrogen (secondary N) is 1. The Kier molecular flexibility index (Phi) is 3.28. The first-order valence-corrected chi connectivity index (χ1v) is 6.58. The number of carbonyl (C=O) groups excluding carboxylic acids is 1. The number of H-pyrrole nitrogens is 1. The highest BCUT2D eigenvalue weighted by atomic mass is 16.5. The average molecular weight is 272 g/mol. The predicted molar refractivity (Wildman–Crippen MR) is 75.4 cm³/mol. The molecule has 0 unspecified atom stereocenters. The largest absolute Gasteiger partial charge is 0.469 e. The summed E-state index contributed by atoms with van der Waals surface area (Å²) in [6.45, 7) is 2.30. The van der Waals surface area contributed by atoms with Crippen molar-refractivity contribution in [2.75, 3.05) is 20.2 Å². The van der Waals surface area contributed by atoms with Gasteiger partial charge in [0.05, 0.1) is 13.0 Å². The molecule has 0 amide bonds. The summed E-state index contributed by atoms with van der Waals surface area (Å²) < 4.78 is 4.72. The van der Waals surface area contributed by atoms with E-state index in [1.807, 2.05) is 18.2 Å². The van der Waals surface area contributed by atoms with Crippen LogP contribution in [-0.2, 0) is 16.1 Å². The van der Waals surface area contributed by atoms with Crippen molar-refractivity contribution in [2.45, 2.75) is 6.54 Å². The molecule has 0 spiro atoms. The van der Waals surface area contributed by atoms with Crippen molar-refractivity contribution in [1.29, 1.82) is 0 Å². The van der Waals surface area contributed by atoms with E-state index in [1.54, 1.807) is 0 Å². The summed E-state index contributed by atoms with van der Waals surface area (Å²) >= 11 is 0. The normalized spacial score (nSPS) is 16.1. The molecule has 1 N–H and O–H groups in total. The van der Waals surface area contributed by atoms with Crippen LogP contribution in [0, 0.1) is 5.92 Å². The highest BCUT2D eigenvalue weighted by Gasteiger charge is 2.33. The number of aromatic nitrogens is 1. The Morgan fingerprint density at radius 2 is 2.15 bits per heavy atom. The minimum absolute atomic E-state index is 0.0109. The van der Waals surface area contributed by atoms with E-state index in [1.165, 1.54) is 18.7 Å². The van der Waals surface area contributed by atoms with E-state index >= 15 is 0 Å². The summed E-state index contributed by atoms with van der Waals surface area (Å²) in [7, 11) is 1.43. The molecule has 1 aliphatic heterocycles. The predicted octanol–water partition coefficient (Wildman–Crippen LogP) is 1.13. The molecule has 1 saturated heterocycles. The lowest BCUT2D eigenvalue weighted by Gasteiger charge is -2.37. The van der Waals surface area contributed by atoms with E-state index in [4.69, 9.17) is 4.74 Å². The van der Waals surface area contributed by atoms with Crippen LogP contribution < -0.4 is 5.56 Å². The van der Waals surface area contributed by atoms with Crippen LogP contribution in [0.1, 0.15) is 5.56 Å². The molecule has 0 radical (unpaired) electrons. The first-order valence-electron chi connectivity index (χ1n) is 6.58. The van der Waals surface area contributed by atoms with Crippen molar-refractivity contribution in [1.82, 2.24) is 9.88 Å². The molecular weight excluding hydrogens is 256 g/mol. The number of hydrogen-bond donors (Lipinski definition) is 1. The number of fused-ring (bicyclic) bond motifs is 1. The Morgan fingerprint density at radius 1 is 1.35 bits per heavy atom. The third-order valence-electron chi connectivity index (χ3n) is 3.69. The van der Waals surface area contributed by atoms with Crippen LogP contribution >= 0.6 is 0 Å². The van der Waals surface area contributed by atoms with Crippen molar-refractivity contribution < 1.29 is 9.53 Å². The van der Waals surface area contributed by atoms with Gasteiger partial charge in [0.25, 0.3) is 0 Å². The van der Waals surface area contributed by atoms with E-state index in [-0.39, 0.29) is 17.4 Å². The third-order valence-corrected chi connectivity index (χ3v) is 3.69. The van der Waals surface area contributed by atoms with Crippen LogP contribution in [0.5, 0.6) is 0 Å². The van der Waals surface area contributed by atoms with Crippen molar-refractivity contribution in [3.63, 3.8) is 0 Å². The standard InChI is InChI=1S/C15H16N2O3/c1-20-15(19)12-8-17(9-12)7-10-2-4-13-11(6-10)3-5-14(18)16-13/h2-6,12H,7-9H2,1H3,(H,16,18). The highest BCUT2D eigenvalue weighted by molar-refractivity contribution is 5.79. The molecule has 3 rings (SSSR count). The second-order valence-electron chi connectivity index (χ2n) is 5.16. The van der Waals surface area contributed by atoms with E-state index in [9.17, 15) is 9.59 Å². The van der Waals surface area contributed by atoms with Crippen LogP contribution in [-0.4, -0.2) is 36.1 Å². The molecule has 5 nitrogen and oxygen atoms in total. The van der Waals surface area contributed by atoms with Gasteiger partial charge < -0.3 is 9.72 Å². The molecule has 1 aliphatic rings. The molecule has 0 saturated carbocycles. The number of ether oxygens (including phenoxy) is 1. The fourth-order valence-corrected chi connectivity index (χ4v) is 2.58. The Hall–Kier alpha value is -2.14. The molecule has 104 valence electrons. The van der Waals surface area contributed by atoms with Gasteiger partial charge in [-0.15, -0.1) is 0 Å². The van der Waals surface area contributed by atoms with Crippen LogP contribution in [0.4, 0.5) is 0 Å². The molecule has 0 bridgehead atoms. The lowest BCUT2D eigenvalue weighted by Crippen LogP contribution is -2.49. The Morgan fingerprint density at radius 3 is 2.90 bits per heavy atom. The molecular formula is C15H16N2O3. The Balaban J connectivity index is 1.69. The number of carbonyl (C=O) groups is 1. The van der Waals surface area contributed by atoms with Gasteiger partial charge >= 0.3 is 5.97 Å². The average Bonchev–Trinajstić information content (AvgIpc) is 2.41. The van der Waals surface area contributed by atoms with Crippen molar-refractivity contribution >= 4 is 16.9 Å². The first kappa shape index (κ1) is 12.9. The number of aromatic amines is 1. The van der Waals surface area contributed by atoms with Crippen molar-refractivity contribution in [3.8, 4) is 0 Å². The molecule has 5 heteroatoms. The number of benzene rings is 1. The van der Waals surface area contributed by atoms with Gasteiger partial charge in [-0.2, -0.15) is 0 Å². The summed E-state index contributed by atoms with van der Waals surface area (Å²) in [5, 5.41) is 1.02. The van der Waals surface area contributed by atoms with Gasteiger partial charge in [0.15, 0.2) is 0 Å². The molecule has 2 aromatic rings. The zero-order chi connectivity index (χ0) is 14.1. The van der Waals surface area contributed by atoms with Gasteiger partial charge in [0.1, 0.15) is 0 Å². The number of likely N-dealkylation sites (tertiary alicyclic amines) is 1. The van der Waals surface area contributed by atoms with Crippen LogP contribution in [0.2, 0.25) is 0 Å². The van der Waals surface area contributed by atoms with E-state index in [0.717, 1.165) is 30.5 Å². The van der Waals surface area contributed by atoms with Gasteiger partial charge in [-0.3, -0.25) is 14.5 Å². The minimum atomic E-state index is -0.127. The van der Waals surface area contributed by atoms with Gasteiger partial charge in [0.2, 0.25) is 5.56 Å². The summed E-state index contributed by atoms with van der Waals surface area (Å²) in [5.41, 5.74) is 1.93. The molecule has 20 heavy (non-hydrogen) atoms. The van der Waals surface area contributed by atoms with Gasteiger partial charge in [-0.25, -0.2) is 0 Å². The molecule has 1 aromatic heterocycles. The minimum Gasteiger partial charge on any atom is -0.469 e. The molecule has 2 heterocycles. The van der Waals surface area contributed by atoms with Crippen LogP contribution in [0.25, 0.3) is 10.9 Å². The molecule has 0 aliphatic carbocycles. The Labute approximate surface area is 116 Å². The van der Waals surface area contributed by atoms with Crippen molar-refractivity contribution in [2.24, 2.45) is 5.92 Å². The van der Waals surface area contributed by atoms with E-state index in [2.05, 4.69) is 16.0 Å². The SMILES string of the molecule is COC(=O)C1CN(Cc2ccc3[nH]c(=O)ccc3c2)C1. The summed E-state index contributed by atoms with van der Waals surface area (Å²) in [6.07, 6.45) is 0. The number of rotatable bonds is 3. The zero-order valence-electron chi connectivity index (χ0n) is 11.3. The maximum absolute atomic E-state index is 11.3. The second kappa shape index (κ2) is 5.09. The number of methoxy groups -OCH3 is 1. The van der Waals surface area contributed by atoms with Crippen molar-refractivity contribution in [3.05, 3.63) is 46.2 Å². The lowest BCUT2D eigenvalue weighted by atomic mass is 9.99. The fraction of sp³-hybridized carbons (Fsp3) is 0.333. The van der Waals surface area contributed by atoms with E-state index < -0.39 is 0 Å². The molecule has 1 aromatic carbocycles. The fourth-order valence-electron chi connectivity index (χ4n) is 2.58. The second-order valence-corrected chi connectivity index (χ2v) is 5.16. The van der Waals surface area contributed by atoms with Crippen LogP contribution in [0.15, 0.2) is 35.1 Å². The summed E-state index contributed by atoms with van der Waals surface area (Å²) in [6, 6.07) is 9.35. The smallest absolute Gasteiger partial charge is 0.311 e. The quantitative estimate of drug-likeness (QED) is 0.851. The Bertz CT molecular complexity index is 702. The number of hydrogen-bond acceptors (Lipinski definition) is 4. The maximum Gasteiger partial charge on any atom is 0.311 e. The molecule has 0 atom stereocenters. The van der Waals surface area contributed by atoms with Gasteiger partial charge in [0, 0.05) is 31.2 Å². The summed E-state index contributed by atoms with van der Waals surface area (Å²) in [5.74, 6) is -0.117. The third kappa shape index (κ3) is 2.44. The highest BCUT2D eigenvalue weighted by Crippen LogP contribution is 2.21. The number of nitrogens with zero attached hydrogens (tertiary/aromatic N) is 1. The lowest BCUT2D eigenvalue weighted by molar-refractivity contribution is -0.151. The summed E-state index contributed by atoms with van der Waals surface area (Å²) in [4.78, 5) is 27.5. The zero-order valence-corrected chi connectivity index (χ0v) is 11.3. The van der Waals surface area contributed by atoms with Gasteiger partial charge in [-0.05, 0) is 29.1 Å². The topological polar surface area (TPSA) is 62.4 Å². The maximum atomic E-state index is 11.3. The van der Waals surface area contributed by atoms with E-state index in [0.29, 0.717) is 0 Å². The monoisotopic (exact) mass is 272 g/mol. The van der Waals surface area contributed by atoms with Gasteiger partial charge in [-0.1, -0.05) is 6.07 Å². The number of esters is 1. The molecule has 1 fully saturated rings. The number of pyridine rings is 1.